The number of rotatable bonds is 5. The molecule has 0 saturated heterocycles. The lowest BCUT2D eigenvalue weighted by Gasteiger charge is -2.38. The van der Waals surface area contributed by atoms with E-state index in [4.69, 9.17) is 4.74 Å². The average Bonchev–Trinajstić information content (AvgIpc) is 3.34. The van der Waals surface area contributed by atoms with Crippen molar-refractivity contribution in [3.63, 3.8) is 0 Å². The molecule has 0 spiro atoms. The maximum atomic E-state index is 13.3. The van der Waals surface area contributed by atoms with Gasteiger partial charge in [-0.25, -0.2) is 0 Å². The zero-order chi connectivity index (χ0) is 32.6. The minimum Gasteiger partial charge on any atom is -0.472 e. The molecule has 1 aliphatic heterocycles. The van der Waals surface area contributed by atoms with Gasteiger partial charge in [-0.05, 0) is 107 Å². The molecule has 0 radical (unpaired) electrons. The van der Waals surface area contributed by atoms with Crippen molar-refractivity contribution in [2.24, 2.45) is 0 Å². The number of alkyl halides is 3. The van der Waals surface area contributed by atoms with E-state index >= 15 is 0 Å². The van der Waals surface area contributed by atoms with E-state index in [2.05, 4.69) is 161 Å². The standard InChI is InChI=1S/C42H29I3O2/c1-40(2)35-25-30(42(43,44)45)21-22-33(35)36-31-15-9-10-16-32(31)39-34(37(36)40)23-24-41(47-39,28-13-7-4-8-14-28)29-19-17-27(18-20-29)38(46)26-11-5-3-6-12-26/h3-25H,1-2H3. The molecule has 0 N–H and O–H groups in total. The number of fused-ring (bicyclic) bond motifs is 8. The minimum absolute atomic E-state index is 0.00724. The Hall–Kier alpha value is -3.02. The van der Waals surface area contributed by atoms with Gasteiger partial charge in [-0.1, -0.05) is 147 Å². The molecule has 1 unspecified atom stereocenters. The van der Waals surface area contributed by atoms with Crippen LogP contribution in [0.4, 0.5) is 0 Å². The lowest BCUT2D eigenvalue weighted by molar-refractivity contribution is 0.103. The Kier molecular flexibility index (Phi) is 7.68. The monoisotopic (exact) mass is 946 g/mol. The van der Waals surface area contributed by atoms with E-state index in [1.807, 2.05) is 60.7 Å². The van der Waals surface area contributed by atoms with E-state index in [9.17, 15) is 4.79 Å². The van der Waals surface area contributed by atoms with Gasteiger partial charge in [-0.3, -0.25) is 4.79 Å². The van der Waals surface area contributed by atoms with Gasteiger partial charge in [0.2, 0.25) is 0 Å². The van der Waals surface area contributed by atoms with Crippen LogP contribution in [0.5, 0.6) is 5.75 Å². The van der Waals surface area contributed by atoms with E-state index in [1.54, 1.807) is 0 Å². The van der Waals surface area contributed by atoms with E-state index in [0.29, 0.717) is 11.1 Å². The van der Waals surface area contributed by atoms with Crippen molar-refractivity contribution >= 4 is 90.4 Å². The Labute approximate surface area is 316 Å². The molecule has 0 aromatic heterocycles. The zero-order valence-corrected chi connectivity index (χ0v) is 32.2. The molecule has 1 atom stereocenters. The van der Waals surface area contributed by atoms with Crippen molar-refractivity contribution in [3.05, 3.63) is 178 Å². The molecule has 0 saturated carbocycles. The summed E-state index contributed by atoms with van der Waals surface area (Å²) in [6, 6.07) is 43.4. The molecule has 1 aliphatic carbocycles. The topological polar surface area (TPSA) is 26.3 Å². The quantitative estimate of drug-likeness (QED) is 0.0978. The van der Waals surface area contributed by atoms with Crippen LogP contribution in [0.3, 0.4) is 0 Å². The third-order valence-corrected chi connectivity index (χ3v) is 11.6. The Bertz CT molecular complexity index is 2230. The third kappa shape index (κ3) is 5.01. The van der Waals surface area contributed by atoms with Crippen LogP contribution in [0.25, 0.3) is 28.0 Å². The molecule has 8 rings (SSSR count). The third-order valence-electron chi connectivity index (χ3n) is 9.68. The number of hydrogen-bond acceptors (Lipinski definition) is 2. The van der Waals surface area contributed by atoms with E-state index in [-0.39, 0.29) is 10.6 Å². The van der Waals surface area contributed by atoms with E-state index in [1.165, 1.54) is 33.2 Å². The SMILES string of the molecule is CC1(C)c2cc(C(I)(I)I)ccc2-c2c1c1c(c3ccccc23)OC(c2ccccc2)(c2ccc(C(=O)c3ccccc3)cc2)C=C1. The highest BCUT2D eigenvalue weighted by atomic mass is 127. The summed E-state index contributed by atoms with van der Waals surface area (Å²) in [7, 11) is 0. The number of carbonyl (C=O) groups is 1. The van der Waals surface area contributed by atoms with Gasteiger partial charge in [-0.15, -0.1) is 0 Å². The highest BCUT2D eigenvalue weighted by Crippen LogP contribution is 2.59. The summed E-state index contributed by atoms with van der Waals surface area (Å²) in [6.07, 6.45) is 4.50. The van der Waals surface area contributed by atoms with Gasteiger partial charge in [0.1, 0.15) is 5.18 Å². The van der Waals surface area contributed by atoms with Gasteiger partial charge in [0.05, 0.1) is 0 Å². The highest BCUT2D eigenvalue weighted by molar-refractivity contribution is 14.3. The predicted molar refractivity (Wildman–Crippen MR) is 218 cm³/mol. The Morgan fingerprint density at radius 3 is 1.96 bits per heavy atom. The van der Waals surface area contributed by atoms with Gasteiger partial charge in [0.15, 0.2) is 11.4 Å². The number of carbonyl (C=O) groups excluding carboxylic acids is 1. The lowest BCUT2D eigenvalue weighted by atomic mass is 9.76. The molecule has 2 aliphatic rings. The lowest BCUT2D eigenvalue weighted by Crippen LogP contribution is -2.35. The normalized spacial score (nSPS) is 17.5. The van der Waals surface area contributed by atoms with Crippen molar-refractivity contribution in [1.82, 2.24) is 0 Å². The first-order chi connectivity index (χ1) is 22.6. The molecule has 47 heavy (non-hydrogen) atoms. The van der Waals surface area contributed by atoms with Crippen molar-refractivity contribution in [3.8, 4) is 16.9 Å². The second-order valence-corrected chi connectivity index (χ2v) is 23.8. The van der Waals surface area contributed by atoms with Crippen LogP contribution < -0.4 is 4.74 Å². The number of hydrogen-bond donors (Lipinski definition) is 0. The Morgan fingerprint density at radius 2 is 1.28 bits per heavy atom. The molecule has 0 fully saturated rings. The highest BCUT2D eigenvalue weighted by Gasteiger charge is 2.44. The van der Waals surface area contributed by atoms with E-state index in [0.717, 1.165) is 27.8 Å². The molecular weight excluding hydrogens is 917 g/mol. The van der Waals surface area contributed by atoms with Crippen LogP contribution in [-0.4, -0.2) is 5.78 Å². The van der Waals surface area contributed by atoms with Crippen LogP contribution in [0.15, 0.2) is 133 Å². The van der Waals surface area contributed by atoms with Gasteiger partial charge >= 0.3 is 0 Å². The van der Waals surface area contributed by atoms with Crippen molar-refractivity contribution in [1.29, 1.82) is 0 Å². The maximum Gasteiger partial charge on any atom is 0.193 e. The molecule has 0 amide bonds. The minimum atomic E-state index is -0.883. The van der Waals surface area contributed by atoms with Gasteiger partial charge in [-0.2, -0.15) is 0 Å². The van der Waals surface area contributed by atoms with Crippen LogP contribution in [0.2, 0.25) is 0 Å². The molecule has 5 heteroatoms. The largest absolute Gasteiger partial charge is 0.472 e. The summed E-state index contributed by atoms with van der Waals surface area (Å²) in [4.78, 5) is 13.3. The summed E-state index contributed by atoms with van der Waals surface area (Å²) in [6.45, 7) is 4.70. The smallest absolute Gasteiger partial charge is 0.193 e. The molecule has 1 heterocycles. The fourth-order valence-electron chi connectivity index (χ4n) is 7.40. The number of ketones is 1. The number of ether oxygens (including phenoxy) is 1. The summed E-state index contributed by atoms with van der Waals surface area (Å²) in [5, 5.41) is 2.30. The van der Waals surface area contributed by atoms with Crippen LogP contribution >= 0.6 is 67.8 Å². The second-order valence-electron chi connectivity index (χ2n) is 12.7. The molecule has 6 aromatic rings. The molecule has 2 nitrogen and oxygen atoms in total. The number of halogens is 3. The first-order valence-corrected chi connectivity index (χ1v) is 18.8. The fraction of sp³-hybridized carbons (Fsp3) is 0.119. The molecule has 0 bridgehead atoms. The average molecular weight is 946 g/mol. The first kappa shape index (κ1) is 31.3. The van der Waals surface area contributed by atoms with Gasteiger partial charge in [0, 0.05) is 38.6 Å². The Balaban J connectivity index is 1.33. The summed E-state index contributed by atoms with van der Waals surface area (Å²) >= 11 is 7.54. The van der Waals surface area contributed by atoms with Crippen LogP contribution in [0.1, 0.15) is 63.1 Å². The van der Waals surface area contributed by atoms with Crippen LogP contribution in [-0.2, 0) is 10.5 Å². The Morgan fingerprint density at radius 1 is 0.681 bits per heavy atom. The molecule has 6 aromatic carbocycles. The number of benzene rings is 6. The summed E-state index contributed by atoms with van der Waals surface area (Å²) < 4.78 is 7.38. The molecular formula is C42H29I3O2. The maximum absolute atomic E-state index is 13.3. The van der Waals surface area contributed by atoms with Crippen LogP contribution in [0, 0.1) is 0 Å². The first-order valence-electron chi connectivity index (χ1n) is 15.5. The van der Waals surface area contributed by atoms with Crippen molar-refractivity contribution < 1.29 is 9.53 Å². The predicted octanol–water partition coefficient (Wildman–Crippen LogP) is 12.1. The molecule has 230 valence electrons. The van der Waals surface area contributed by atoms with Gasteiger partial charge in [0.25, 0.3) is 0 Å². The van der Waals surface area contributed by atoms with Crippen molar-refractivity contribution in [2.45, 2.75) is 24.3 Å². The fourth-order valence-corrected chi connectivity index (χ4v) is 8.41. The van der Waals surface area contributed by atoms with Gasteiger partial charge < -0.3 is 4.74 Å². The zero-order valence-electron chi connectivity index (χ0n) is 25.7. The van der Waals surface area contributed by atoms with Crippen molar-refractivity contribution in [2.75, 3.05) is 0 Å². The summed E-state index contributed by atoms with van der Waals surface area (Å²) in [5.41, 5.74) is 9.91. The van der Waals surface area contributed by atoms with E-state index < -0.39 is 5.60 Å². The second kappa shape index (κ2) is 11.6. The summed E-state index contributed by atoms with van der Waals surface area (Å²) in [5.74, 6) is 0.898.